The minimum atomic E-state index is -0.376. The van der Waals surface area contributed by atoms with Gasteiger partial charge in [0.15, 0.2) is 11.5 Å². The zero-order chi connectivity index (χ0) is 13.1. The van der Waals surface area contributed by atoms with Crippen LogP contribution >= 0.6 is 0 Å². The summed E-state index contributed by atoms with van der Waals surface area (Å²) in [5, 5.41) is 6.31. The van der Waals surface area contributed by atoms with Gasteiger partial charge < -0.3 is 0 Å². The molecule has 3 heterocycles. The van der Waals surface area contributed by atoms with E-state index in [4.69, 9.17) is 0 Å². The largest absolute Gasteiger partial charge is 0.292 e. The van der Waals surface area contributed by atoms with Gasteiger partial charge in [-0.05, 0) is 24.3 Å². The zero-order valence-corrected chi connectivity index (χ0v) is 9.82. The maximum Gasteiger partial charge on any atom is 0.292 e. The summed E-state index contributed by atoms with van der Waals surface area (Å²) in [6.45, 7) is 0. The lowest BCUT2D eigenvalue weighted by Gasteiger charge is -2.01. The minimum Gasteiger partial charge on any atom is -0.265 e. The molecule has 3 aromatic rings. The molecule has 92 valence electrons. The summed E-state index contributed by atoms with van der Waals surface area (Å²) >= 11 is 0. The van der Waals surface area contributed by atoms with Crippen LogP contribution in [0.2, 0.25) is 0 Å². The molecule has 0 aliphatic carbocycles. The van der Waals surface area contributed by atoms with Gasteiger partial charge in [-0.25, -0.2) is 10.1 Å². The Balaban J connectivity index is 2.15. The van der Waals surface area contributed by atoms with Crippen molar-refractivity contribution in [2.75, 3.05) is 0 Å². The number of nitrogens with one attached hydrogen (secondary N) is 1. The third-order valence-electron chi connectivity index (χ3n) is 2.50. The normalized spacial score (nSPS) is 10.3. The van der Waals surface area contributed by atoms with Crippen LogP contribution in [0, 0.1) is 0 Å². The summed E-state index contributed by atoms with van der Waals surface area (Å²) in [5.41, 5.74) is 0.953. The lowest BCUT2D eigenvalue weighted by molar-refractivity contribution is 0.935. The van der Waals surface area contributed by atoms with Crippen LogP contribution in [0.25, 0.3) is 22.9 Å². The molecular formula is C13H9N5O. The fraction of sp³-hybridized carbons (Fsp3) is 0. The Morgan fingerprint density at radius 3 is 2.21 bits per heavy atom. The molecule has 6 nitrogen and oxygen atoms in total. The van der Waals surface area contributed by atoms with Crippen molar-refractivity contribution in [3.63, 3.8) is 0 Å². The van der Waals surface area contributed by atoms with Crippen LogP contribution in [0.4, 0.5) is 0 Å². The van der Waals surface area contributed by atoms with E-state index in [2.05, 4.69) is 25.1 Å². The summed E-state index contributed by atoms with van der Waals surface area (Å²) in [4.78, 5) is 24.3. The van der Waals surface area contributed by atoms with Crippen molar-refractivity contribution in [3.8, 4) is 22.9 Å². The maximum atomic E-state index is 11.8. The summed E-state index contributed by atoms with van der Waals surface area (Å²) in [6.07, 6.45) is 3.25. The number of pyridine rings is 2. The van der Waals surface area contributed by atoms with Gasteiger partial charge in [-0.3, -0.25) is 14.8 Å². The van der Waals surface area contributed by atoms with Gasteiger partial charge in [-0.2, -0.15) is 5.10 Å². The lowest BCUT2D eigenvalue weighted by atomic mass is 10.2. The highest BCUT2D eigenvalue weighted by molar-refractivity contribution is 5.56. The fourth-order valence-electron chi connectivity index (χ4n) is 1.62. The predicted octanol–water partition coefficient (Wildman–Crippen LogP) is 1.29. The van der Waals surface area contributed by atoms with E-state index >= 15 is 0 Å². The molecule has 0 spiro atoms. The third kappa shape index (κ3) is 2.23. The first-order chi connectivity index (χ1) is 9.34. The van der Waals surface area contributed by atoms with E-state index in [1.165, 1.54) is 0 Å². The molecule has 3 aromatic heterocycles. The Morgan fingerprint density at radius 1 is 0.895 bits per heavy atom. The smallest absolute Gasteiger partial charge is 0.265 e. The topological polar surface area (TPSA) is 84.4 Å². The van der Waals surface area contributed by atoms with Gasteiger partial charge >= 0.3 is 0 Å². The van der Waals surface area contributed by atoms with E-state index in [9.17, 15) is 4.79 Å². The molecule has 3 rings (SSSR count). The van der Waals surface area contributed by atoms with E-state index in [0.717, 1.165) is 0 Å². The zero-order valence-electron chi connectivity index (χ0n) is 9.82. The van der Waals surface area contributed by atoms with Crippen LogP contribution in [0.5, 0.6) is 0 Å². The van der Waals surface area contributed by atoms with Gasteiger partial charge in [-0.1, -0.05) is 12.1 Å². The number of hydrogen-bond acceptors (Lipinski definition) is 5. The number of H-pyrrole nitrogens is 1. The molecule has 0 bridgehead atoms. The quantitative estimate of drug-likeness (QED) is 0.741. The Kier molecular flexibility index (Phi) is 2.82. The first kappa shape index (κ1) is 11.2. The number of hydrogen-bond donors (Lipinski definition) is 1. The van der Waals surface area contributed by atoms with Crippen molar-refractivity contribution in [1.29, 1.82) is 0 Å². The summed E-state index contributed by atoms with van der Waals surface area (Å²) in [5.74, 6) is 0.362. The second kappa shape index (κ2) is 4.77. The molecule has 0 fully saturated rings. The Labute approximate surface area is 108 Å². The van der Waals surface area contributed by atoms with Gasteiger partial charge in [0.05, 0.1) is 5.69 Å². The Hall–Kier alpha value is -2.89. The molecule has 0 atom stereocenters. The van der Waals surface area contributed by atoms with Crippen molar-refractivity contribution in [3.05, 3.63) is 59.1 Å². The van der Waals surface area contributed by atoms with Gasteiger partial charge in [0, 0.05) is 12.4 Å². The first-order valence-corrected chi connectivity index (χ1v) is 5.64. The van der Waals surface area contributed by atoms with Gasteiger partial charge in [-0.15, -0.1) is 0 Å². The molecule has 1 N–H and O–H groups in total. The average molecular weight is 251 g/mol. The molecule has 0 saturated carbocycles. The molecular weight excluding hydrogens is 242 g/mol. The molecule has 0 saturated heterocycles. The standard InChI is InChI=1S/C13H9N5O/c19-13-11(9-5-1-3-7-14-9)16-12(17-18-13)10-6-2-4-8-15-10/h1-8H,(H,18,19). The van der Waals surface area contributed by atoms with Crippen molar-refractivity contribution < 1.29 is 0 Å². The van der Waals surface area contributed by atoms with Crippen molar-refractivity contribution in [1.82, 2.24) is 25.1 Å². The summed E-state index contributed by atoms with van der Waals surface area (Å²) in [6, 6.07) is 10.7. The first-order valence-electron chi connectivity index (χ1n) is 5.64. The second-order valence-electron chi connectivity index (χ2n) is 3.77. The van der Waals surface area contributed by atoms with E-state index < -0.39 is 0 Å². The van der Waals surface area contributed by atoms with Crippen LogP contribution in [0.1, 0.15) is 0 Å². The second-order valence-corrected chi connectivity index (χ2v) is 3.77. The molecule has 6 heteroatoms. The lowest BCUT2D eigenvalue weighted by Crippen LogP contribution is -2.15. The highest BCUT2D eigenvalue weighted by Crippen LogP contribution is 2.13. The molecule has 0 aliphatic heterocycles. The highest BCUT2D eigenvalue weighted by Gasteiger charge is 2.10. The van der Waals surface area contributed by atoms with E-state index in [1.807, 2.05) is 6.07 Å². The molecule has 0 aromatic carbocycles. The van der Waals surface area contributed by atoms with Crippen LogP contribution < -0.4 is 5.56 Å². The van der Waals surface area contributed by atoms with Crippen LogP contribution in [0.15, 0.2) is 53.6 Å². The monoisotopic (exact) mass is 251 g/mol. The van der Waals surface area contributed by atoms with Crippen molar-refractivity contribution >= 4 is 0 Å². The molecule has 0 unspecified atom stereocenters. The average Bonchev–Trinajstić information content (AvgIpc) is 2.49. The van der Waals surface area contributed by atoms with Gasteiger partial charge in [0.2, 0.25) is 0 Å². The van der Waals surface area contributed by atoms with E-state index in [-0.39, 0.29) is 11.3 Å². The predicted molar refractivity (Wildman–Crippen MR) is 69.1 cm³/mol. The van der Waals surface area contributed by atoms with E-state index in [1.54, 1.807) is 42.7 Å². The van der Waals surface area contributed by atoms with Crippen LogP contribution in [-0.2, 0) is 0 Å². The van der Waals surface area contributed by atoms with Crippen molar-refractivity contribution in [2.45, 2.75) is 0 Å². The Bertz CT molecular complexity index is 740. The SMILES string of the molecule is O=c1[nH]nc(-c2ccccn2)nc1-c1ccccn1. The van der Waals surface area contributed by atoms with Gasteiger partial charge in [0.1, 0.15) is 5.69 Å². The summed E-state index contributed by atoms with van der Waals surface area (Å²) < 4.78 is 0. The summed E-state index contributed by atoms with van der Waals surface area (Å²) in [7, 11) is 0. The Morgan fingerprint density at radius 2 is 1.58 bits per heavy atom. The number of rotatable bonds is 2. The number of aromatic amines is 1. The fourth-order valence-corrected chi connectivity index (χ4v) is 1.62. The highest BCUT2D eigenvalue weighted by atomic mass is 16.1. The number of aromatic nitrogens is 5. The third-order valence-corrected chi connectivity index (χ3v) is 2.50. The van der Waals surface area contributed by atoms with Crippen molar-refractivity contribution in [2.24, 2.45) is 0 Å². The van der Waals surface area contributed by atoms with E-state index in [0.29, 0.717) is 17.2 Å². The molecule has 19 heavy (non-hydrogen) atoms. The van der Waals surface area contributed by atoms with Crippen LogP contribution in [-0.4, -0.2) is 25.1 Å². The van der Waals surface area contributed by atoms with Crippen LogP contribution in [0.3, 0.4) is 0 Å². The molecule has 0 aliphatic rings. The molecule has 0 amide bonds. The van der Waals surface area contributed by atoms with Gasteiger partial charge in [0.25, 0.3) is 5.56 Å². The number of nitrogens with zero attached hydrogens (tertiary/aromatic N) is 4. The molecule has 0 radical (unpaired) electrons. The minimum absolute atomic E-state index is 0.233. The maximum absolute atomic E-state index is 11.8.